The van der Waals surface area contributed by atoms with Crippen LogP contribution in [-0.4, -0.2) is 24.3 Å². The van der Waals surface area contributed by atoms with Crippen LogP contribution >= 0.6 is 12.0 Å². The van der Waals surface area contributed by atoms with Crippen LogP contribution in [0.3, 0.4) is 0 Å². The minimum Gasteiger partial charge on any atom is -0.308 e. The predicted molar refractivity (Wildman–Crippen MR) is 205 cm³/mol. The Hall–Kier alpha value is -6.21. The SMILES string of the molecule is Cc1cc(N=Nc2ccc(NC(=O)Nc3ccccc3)cc2C)ccc1N=Nc1ccc(N=Nc2ccc3cc(SOOO)cc(S(=O)(=O)O)c3c2)cc1. The number of aryl methyl sites for hydroxylation is 2. The number of hydrogen-bond acceptors (Lipinski definition) is 13. The molecule has 0 atom stereocenters. The summed E-state index contributed by atoms with van der Waals surface area (Å²) in [6.45, 7) is 3.78. The van der Waals surface area contributed by atoms with E-state index in [0.717, 1.165) is 11.1 Å². The van der Waals surface area contributed by atoms with Crippen molar-refractivity contribution in [2.24, 2.45) is 30.7 Å². The normalized spacial score (nSPS) is 11.9. The van der Waals surface area contributed by atoms with Gasteiger partial charge in [0.1, 0.15) is 4.90 Å². The maximum absolute atomic E-state index is 12.3. The molecular weight excluding hydrogens is 733 g/mol. The quantitative estimate of drug-likeness (QED) is 0.0309. The van der Waals surface area contributed by atoms with Gasteiger partial charge < -0.3 is 10.6 Å². The number of rotatable bonds is 12. The number of carbonyl (C=O) groups is 1. The topological polar surface area (TPSA) is 208 Å². The molecule has 0 radical (unpaired) electrons. The molecule has 0 saturated heterocycles. The van der Waals surface area contributed by atoms with Crippen molar-refractivity contribution in [2.75, 3.05) is 10.6 Å². The largest absolute Gasteiger partial charge is 0.323 e. The Morgan fingerprint density at radius 1 is 0.630 bits per heavy atom. The summed E-state index contributed by atoms with van der Waals surface area (Å²) >= 11 is 0.563. The molecule has 0 fully saturated rings. The Balaban J connectivity index is 1.07. The number of para-hydroxylation sites is 1. The highest BCUT2D eigenvalue weighted by Gasteiger charge is 2.17. The molecule has 4 N–H and O–H groups in total. The van der Waals surface area contributed by atoms with Crippen molar-refractivity contribution in [3.63, 3.8) is 0 Å². The fourth-order valence-electron chi connectivity index (χ4n) is 5.06. The Morgan fingerprint density at radius 3 is 1.83 bits per heavy atom. The molecule has 2 amide bonds. The van der Waals surface area contributed by atoms with Gasteiger partial charge in [0.2, 0.25) is 0 Å². The van der Waals surface area contributed by atoms with E-state index < -0.39 is 10.1 Å². The van der Waals surface area contributed by atoms with Crippen molar-refractivity contribution >= 4 is 84.5 Å². The van der Waals surface area contributed by atoms with Crippen LogP contribution in [0.5, 0.6) is 0 Å². The van der Waals surface area contributed by atoms with E-state index in [-0.39, 0.29) is 21.2 Å². The number of fused-ring (bicyclic) bond motifs is 1. The zero-order valence-corrected chi connectivity index (χ0v) is 30.1. The summed E-state index contributed by atoms with van der Waals surface area (Å²) in [5, 5.41) is 44.1. The van der Waals surface area contributed by atoms with Gasteiger partial charge in [-0.25, -0.2) is 10.1 Å². The van der Waals surface area contributed by atoms with Gasteiger partial charge in [-0.15, -0.1) is 4.33 Å². The van der Waals surface area contributed by atoms with Crippen molar-refractivity contribution in [3.05, 3.63) is 132 Å². The van der Waals surface area contributed by atoms with Crippen LogP contribution in [0.4, 0.5) is 50.3 Å². The predicted octanol–water partition coefficient (Wildman–Crippen LogP) is 12.0. The van der Waals surface area contributed by atoms with Crippen molar-refractivity contribution in [1.82, 2.24) is 0 Å². The maximum atomic E-state index is 12.3. The average Bonchev–Trinajstić information content (AvgIpc) is 3.15. The molecular formula is C37H30N8O7S2. The van der Waals surface area contributed by atoms with E-state index in [9.17, 15) is 17.8 Å². The Labute approximate surface area is 313 Å². The highest BCUT2D eigenvalue weighted by Crippen LogP contribution is 2.34. The number of azo groups is 3. The first-order valence-corrected chi connectivity index (χ1v) is 18.1. The van der Waals surface area contributed by atoms with Crippen LogP contribution in [0.2, 0.25) is 0 Å². The number of urea groups is 1. The second-order valence-corrected chi connectivity index (χ2v) is 13.7. The lowest BCUT2D eigenvalue weighted by molar-refractivity contribution is -0.432. The van der Waals surface area contributed by atoms with Gasteiger partial charge in [-0.1, -0.05) is 29.3 Å². The molecule has 272 valence electrons. The van der Waals surface area contributed by atoms with Crippen LogP contribution in [0, 0.1) is 13.8 Å². The third-order valence-electron chi connectivity index (χ3n) is 7.66. The number of carbonyl (C=O) groups excluding carboxylic acids is 1. The smallest absolute Gasteiger partial charge is 0.308 e. The number of amides is 2. The van der Waals surface area contributed by atoms with E-state index >= 15 is 0 Å². The van der Waals surface area contributed by atoms with Crippen LogP contribution < -0.4 is 10.6 Å². The van der Waals surface area contributed by atoms with E-state index in [4.69, 9.17) is 5.26 Å². The minimum atomic E-state index is -4.61. The monoisotopic (exact) mass is 762 g/mol. The summed E-state index contributed by atoms with van der Waals surface area (Å²) in [5.74, 6) is 0. The lowest BCUT2D eigenvalue weighted by Crippen LogP contribution is -2.19. The second kappa shape index (κ2) is 17.1. The molecule has 0 heterocycles. The molecule has 6 aromatic rings. The first-order chi connectivity index (χ1) is 26.0. The van der Waals surface area contributed by atoms with Gasteiger partial charge in [0, 0.05) is 21.7 Å². The van der Waals surface area contributed by atoms with E-state index in [1.54, 1.807) is 78.9 Å². The molecule has 15 nitrogen and oxygen atoms in total. The number of hydrogen-bond donors (Lipinski definition) is 4. The van der Waals surface area contributed by atoms with Gasteiger partial charge in [-0.3, -0.25) is 4.55 Å². The number of anilines is 2. The minimum absolute atomic E-state index is 0.214. The van der Waals surface area contributed by atoms with Gasteiger partial charge in [0.05, 0.1) is 46.2 Å². The summed E-state index contributed by atoms with van der Waals surface area (Å²) in [6, 6.07) is 34.0. The molecule has 0 aliphatic rings. The van der Waals surface area contributed by atoms with Gasteiger partial charge in [0.15, 0.2) is 0 Å². The van der Waals surface area contributed by atoms with Crippen molar-refractivity contribution in [3.8, 4) is 0 Å². The molecule has 17 heteroatoms. The Kier molecular flexibility index (Phi) is 11.9. The fraction of sp³-hybridized carbons (Fsp3) is 0.0541. The summed E-state index contributed by atoms with van der Waals surface area (Å²) < 4.78 is 38.3. The first kappa shape index (κ1) is 37.5. The van der Waals surface area contributed by atoms with Crippen molar-refractivity contribution in [1.29, 1.82) is 0 Å². The summed E-state index contributed by atoms with van der Waals surface area (Å²) in [7, 11) is -4.61. The van der Waals surface area contributed by atoms with Crippen molar-refractivity contribution < 1.29 is 32.4 Å². The average molecular weight is 763 g/mol. The van der Waals surface area contributed by atoms with Crippen LogP contribution in [-0.2, 0) is 19.5 Å². The number of nitrogens with zero attached hydrogens (tertiary/aromatic N) is 6. The fourth-order valence-corrected chi connectivity index (χ4v) is 6.32. The standard InChI is InChI=1S/C37H30N8O7S2/c1-23-18-29(39-37(46)38-26-6-4-3-5-7-26)14-16-34(23)45-43-30-15-17-35(24(2)19-30)44-41-28-12-10-27(11-13-28)40-42-31-9-8-25-20-32(53-52-51-47)22-36(33(25)21-31)54(48,49)50/h3-22,47H,1-2H3,(H2,38,39,46)(H,48,49,50). The molecule has 0 spiro atoms. The maximum Gasteiger partial charge on any atom is 0.323 e. The van der Waals surface area contributed by atoms with E-state index in [0.29, 0.717) is 62.9 Å². The Morgan fingerprint density at radius 2 is 1.19 bits per heavy atom. The van der Waals surface area contributed by atoms with Gasteiger partial charge in [-0.05, 0) is 127 Å². The van der Waals surface area contributed by atoms with Crippen molar-refractivity contribution in [2.45, 2.75) is 23.6 Å². The van der Waals surface area contributed by atoms with E-state index in [1.807, 2.05) is 44.2 Å². The first-order valence-electron chi connectivity index (χ1n) is 15.9. The zero-order chi connectivity index (χ0) is 38.1. The van der Waals surface area contributed by atoms with E-state index in [2.05, 4.69) is 50.7 Å². The van der Waals surface area contributed by atoms with Gasteiger partial charge in [-0.2, -0.15) is 39.1 Å². The lowest BCUT2D eigenvalue weighted by Gasteiger charge is -2.09. The van der Waals surface area contributed by atoms with Crippen LogP contribution in [0.15, 0.2) is 162 Å². The molecule has 0 aliphatic heterocycles. The summed E-state index contributed by atoms with van der Waals surface area (Å²) in [5.41, 5.74) is 6.39. The van der Waals surface area contributed by atoms with Crippen LogP contribution in [0.1, 0.15) is 11.1 Å². The molecule has 6 rings (SSSR count). The molecule has 0 unspecified atom stereocenters. The number of benzene rings is 6. The molecule has 0 aromatic heterocycles. The second-order valence-electron chi connectivity index (χ2n) is 11.6. The third-order valence-corrected chi connectivity index (χ3v) is 9.11. The Bertz CT molecular complexity index is 2520. The third kappa shape index (κ3) is 10.0. The molecule has 54 heavy (non-hydrogen) atoms. The summed E-state index contributed by atoms with van der Waals surface area (Å²) in [4.78, 5) is 12.2. The summed E-state index contributed by atoms with van der Waals surface area (Å²) in [6.07, 6.45) is 0. The van der Waals surface area contributed by atoms with Crippen LogP contribution in [0.25, 0.3) is 10.8 Å². The highest BCUT2D eigenvalue weighted by molar-refractivity contribution is 7.94. The molecule has 0 aliphatic carbocycles. The van der Waals surface area contributed by atoms with Gasteiger partial charge in [0.25, 0.3) is 10.1 Å². The van der Waals surface area contributed by atoms with E-state index in [1.165, 1.54) is 12.1 Å². The van der Waals surface area contributed by atoms with Gasteiger partial charge >= 0.3 is 6.03 Å². The molecule has 0 saturated carbocycles. The molecule has 6 aromatic carbocycles. The highest BCUT2D eigenvalue weighted by atomic mass is 32.2. The number of nitrogens with one attached hydrogen (secondary N) is 2. The molecule has 0 bridgehead atoms. The lowest BCUT2D eigenvalue weighted by atomic mass is 10.1. The zero-order valence-electron chi connectivity index (χ0n) is 28.5.